The van der Waals surface area contributed by atoms with Crippen molar-refractivity contribution in [1.29, 1.82) is 0 Å². The fourth-order valence-electron chi connectivity index (χ4n) is 1.94. The molecule has 2 heteroatoms. The van der Waals surface area contributed by atoms with Gasteiger partial charge in [0.15, 0.2) is 0 Å². The molecule has 1 aromatic carbocycles. The van der Waals surface area contributed by atoms with Crippen molar-refractivity contribution in [1.82, 2.24) is 0 Å². The fraction of sp³-hybridized carbons (Fsp3) is 0.455. The van der Waals surface area contributed by atoms with E-state index in [4.69, 9.17) is 4.74 Å². The molecule has 0 saturated heterocycles. The molecule has 1 unspecified atom stereocenters. The second-order valence-electron chi connectivity index (χ2n) is 3.80. The number of rotatable bonds is 1. The summed E-state index contributed by atoms with van der Waals surface area (Å²) in [6.07, 6.45) is 1.76. The third-order valence-corrected chi connectivity index (χ3v) is 2.77. The molecule has 0 aromatic heterocycles. The van der Waals surface area contributed by atoms with Gasteiger partial charge >= 0.3 is 0 Å². The van der Waals surface area contributed by atoms with E-state index in [1.807, 2.05) is 25.1 Å². The van der Waals surface area contributed by atoms with E-state index in [0.717, 1.165) is 24.2 Å². The van der Waals surface area contributed by atoms with Crippen molar-refractivity contribution in [2.24, 2.45) is 0 Å². The monoisotopic (exact) mass is 178 g/mol. The van der Waals surface area contributed by atoms with Crippen LogP contribution in [0.15, 0.2) is 18.2 Å². The van der Waals surface area contributed by atoms with Crippen LogP contribution in [0.2, 0.25) is 0 Å². The summed E-state index contributed by atoms with van der Waals surface area (Å²) in [5.41, 5.74) is 1.62. The van der Waals surface area contributed by atoms with Gasteiger partial charge < -0.3 is 9.84 Å². The summed E-state index contributed by atoms with van der Waals surface area (Å²) in [5.74, 6) is 0.872. The van der Waals surface area contributed by atoms with Crippen LogP contribution < -0.4 is 4.74 Å². The molecule has 1 N–H and O–H groups in total. The van der Waals surface area contributed by atoms with Gasteiger partial charge in [-0.15, -0.1) is 0 Å². The molecule has 13 heavy (non-hydrogen) atoms. The van der Waals surface area contributed by atoms with E-state index in [2.05, 4.69) is 0 Å². The fourth-order valence-corrected chi connectivity index (χ4v) is 1.94. The number of aliphatic hydroxyl groups is 1. The van der Waals surface area contributed by atoms with Gasteiger partial charge in [0.2, 0.25) is 0 Å². The quantitative estimate of drug-likeness (QED) is 0.711. The van der Waals surface area contributed by atoms with Crippen molar-refractivity contribution >= 4 is 0 Å². The van der Waals surface area contributed by atoms with E-state index >= 15 is 0 Å². The van der Waals surface area contributed by atoms with Gasteiger partial charge in [-0.3, -0.25) is 0 Å². The van der Waals surface area contributed by atoms with Crippen LogP contribution in [-0.4, -0.2) is 12.2 Å². The number of benzene rings is 1. The molecule has 2 nitrogen and oxygen atoms in total. The summed E-state index contributed by atoms with van der Waals surface area (Å²) in [6, 6.07) is 5.87. The molecule has 1 aliphatic rings. The van der Waals surface area contributed by atoms with E-state index in [9.17, 15) is 5.11 Å². The first-order valence-electron chi connectivity index (χ1n) is 4.53. The van der Waals surface area contributed by atoms with Crippen molar-refractivity contribution in [3.8, 4) is 5.75 Å². The number of aryl methyl sites for hydroxylation is 1. The molecule has 0 fully saturated rings. The Labute approximate surface area is 78.2 Å². The van der Waals surface area contributed by atoms with Crippen LogP contribution in [0.4, 0.5) is 0 Å². The van der Waals surface area contributed by atoms with Gasteiger partial charge in [-0.05, 0) is 43.0 Å². The predicted octanol–water partition coefficient (Wildman–Crippen LogP) is 1.85. The zero-order chi connectivity index (χ0) is 9.47. The maximum absolute atomic E-state index is 9.97. The molecule has 1 aliphatic carbocycles. The van der Waals surface area contributed by atoms with Crippen molar-refractivity contribution < 1.29 is 9.84 Å². The molecule has 0 heterocycles. The average molecular weight is 178 g/mol. The molecule has 0 saturated carbocycles. The van der Waals surface area contributed by atoms with Gasteiger partial charge in [-0.25, -0.2) is 0 Å². The summed E-state index contributed by atoms with van der Waals surface area (Å²) in [6.45, 7) is 1.87. The largest absolute Gasteiger partial charge is 0.497 e. The summed E-state index contributed by atoms with van der Waals surface area (Å²) in [4.78, 5) is 0. The molecule has 0 bridgehead atoms. The molecule has 0 amide bonds. The third-order valence-electron chi connectivity index (χ3n) is 2.77. The van der Waals surface area contributed by atoms with Gasteiger partial charge in [0.25, 0.3) is 0 Å². The predicted molar refractivity (Wildman–Crippen MR) is 50.9 cm³/mol. The summed E-state index contributed by atoms with van der Waals surface area (Å²) < 4.78 is 5.13. The van der Waals surface area contributed by atoms with Gasteiger partial charge in [-0.1, -0.05) is 6.07 Å². The topological polar surface area (TPSA) is 29.5 Å². The molecule has 0 aliphatic heterocycles. The van der Waals surface area contributed by atoms with Crippen molar-refractivity contribution in [3.05, 3.63) is 29.3 Å². The first-order chi connectivity index (χ1) is 6.13. The minimum atomic E-state index is -0.637. The Kier molecular flexibility index (Phi) is 1.81. The number of hydrogen-bond acceptors (Lipinski definition) is 2. The lowest BCUT2D eigenvalue weighted by molar-refractivity contribution is 0.0594. The number of methoxy groups -OCH3 is 1. The molecule has 1 atom stereocenters. The second kappa shape index (κ2) is 2.74. The van der Waals surface area contributed by atoms with E-state index < -0.39 is 5.60 Å². The van der Waals surface area contributed by atoms with Crippen molar-refractivity contribution in [2.45, 2.75) is 25.4 Å². The van der Waals surface area contributed by atoms with Crippen molar-refractivity contribution in [2.75, 3.05) is 7.11 Å². The third kappa shape index (κ3) is 1.31. The van der Waals surface area contributed by atoms with E-state index in [1.54, 1.807) is 7.11 Å². The first-order valence-corrected chi connectivity index (χ1v) is 4.53. The Bertz CT molecular complexity index is 329. The Hall–Kier alpha value is -1.02. The number of fused-ring (bicyclic) bond motifs is 1. The van der Waals surface area contributed by atoms with Crippen LogP contribution >= 0.6 is 0 Å². The van der Waals surface area contributed by atoms with Gasteiger partial charge in [0.05, 0.1) is 12.7 Å². The Morgan fingerprint density at radius 1 is 1.46 bits per heavy atom. The Morgan fingerprint density at radius 2 is 2.23 bits per heavy atom. The lowest BCUT2D eigenvalue weighted by Gasteiger charge is -2.17. The van der Waals surface area contributed by atoms with Crippen LogP contribution in [0.3, 0.4) is 0 Å². The number of hydrogen-bond donors (Lipinski definition) is 1. The highest BCUT2D eigenvalue weighted by molar-refractivity contribution is 5.42. The molecule has 70 valence electrons. The average Bonchev–Trinajstić information content (AvgIpc) is 2.42. The van der Waals surface area contributed by atoms with Gasteiger partial charge in [0, 0.05) is 0 Å². The standard InChI is InChI=1S/C11H14O2/c1-11(12)6-5-8-7-9(13-2)3-4-10(8)11/h3-4,7,12H,5-6H2,1-2H3. The number of ether oxygens (including phenoxy) is 1. The molecule has 2 rings (SSSR count). The highest BCUT2D eigenvalue weighted by Gasteiger charge is 2.31. The van der Waals surface area contributed by atoms with E-state index in [-0.39, 0.29) is 0 Å². The molecular weight excluding hydrogens is 164 g/mol. The van der Waals surface area contributed by atoms with Crippen LogP contribution in [-0.2, 0) is 12.0 Å². The van der Waals surface area contributed by atoms with E-state index in [0.29, 0.717) is 0 Å². The van der Waals surface area contributed by atoms with E-state index in [1.165, 1.54) is 5.56 Å². The minimum Gasteiger partial charge on any atom is -0.497 e. The summed E-state index contributed by atoms with van der Waals surface area (Å²) in [7, 11) is 1.66. The molecule has 0 spiro atoms. The lowest BCUT2D eigenvalue weighted by atomic mass is 9.99. The summed E-state index contributed by atoms with van der Waals surface area (Å²) >= 11 is 0. The van der Waals surface area contributed by atoms with Crippen LogP contribution in [0.1, 0.15) is 24.5 Å². The molecule has 1 aromatic rings. The lowest BCUT2D eigenvalue weighted by Crippen LogP contribution is -2.16. The summed E-state index contributed by atoms with van der Waals surface area (Å²) in [5, 5.41) is 9.97. The minimum absolute atomic E-state index is 0.637. The maximum atomic E-state index is 9.97. The molecular formula is C11H14O2. The highest BCUT2D eigenvalue weighted by atomic mass is 16.5. The SMILES string of the molecule is COc1ccc2c(c1)CCC2(C)O. The zero-order valence-electron chi connectivity index (χ0n) is 8.00. The smallest absolute Gasteiger partial charge is 0.119 e. The van der Waals surface area contributed by atoms with Crippen LogP contribution in [0, 0.1) is 0 Å². The normalized spacial score (nSPS) is 25.8. The van der Waals surface area contributed by atoms with Crippen molar-refractivity contribution in [3.63, 3.8) is 0 Å². The van der Waals surface area contributed by atoms with Gasteiger partial charge in [-0.2, -0.15) is 0 Å². The highest BCUT2D eigenvalue weighted by Crippen LogP contribution is 2.37. The first kappa shape index (κ1) is 8.57. The second-order valence-corrected chi connectivity index (χ2v) is 3.80. The van der Waals surface area contributed by atoms with Crippen LogP contribution in [0.5, 0.6) is 5.75 Å². The zero-order valence-corrected chi connectivity index (χ0v) is 8.00. The van der Waals surface area contributed by atoms with Crippen LogP contribution in [0.25, 0.3) is 0 Å². The molecule has 0 radical (unpaired) electrons. The maximum Gasteiger partial charge on any atom is 0.119 e. The Morgan fingerprint density at radius 3 is 2.92 bits per heavy atom. The van der Waals surface area contributed by atoms with Gasteiger partial charge in [0.1, 0.15) is 5.75 Å². The Balaban J connectivity index is 2.46.